The van der Waals surface area contributed by atoms with Crippen molar-refractivity contribution in [2.45, 2.75) is 32.8 Å². The first-order valence-corrected chi connectivity index (χ1v) is 6.44. The van der Waals surface area contributed by atoms with Gasteiger partial charge in [-0.3, -0.25) is 0 Å². The van der Waals surface area contributed by atoms with Crippen LogP contribution in [0.5, 0.6) is 0 Å². The molecular weight excluding hydrogens is 226 g/mol. The highest BCUT2D eigenvalue weighted by Gasteiger charge is 2.26. The van der Waals surface area contributed by atoms with Gasteiger partial charge in [0.15, 0.2) is 0 Å². The molecule has 98 valence electrons. The lowest BCUT2D eigenvalue weighted by Gasteiger charge is -2.29. The Morgan fingerprint density at radius 2 is 2.17 bits per heavy atom. The minimum atomic E-state index is -0.728. The van der Waals surface area contributed by atoms with Crippen molar-refractivity contribution in [3.8, 4) is 0 Å². The van der Waals surface area contributed by atoms with Crippen molar-refractivity contribution < 1.29 is 5.11 Å². The minimum absolute atomic E-state index is 0.245. The predicted octanol–water partition coefficient (Wildman–Crippen LogP) is 2.77. The Kier molecular flexibility index (Phi) is 3.57. The third kappa shape index (κ3) is 2.64. The largest absolute Gasteiger partial charge is 0.388 e. The highest BCUT2D eigenvalue weighted by molar-refractivity contribution is 5.77. The second-order valence-electron chi connectivity index (χ2n) is 5.12. The lowest BCUT2D eigenvalue weighted by Crippen LogP contribution is -2.40. The summed E-state index contributed by atoms with van der Waals surface area (Å²) < 4.78 is 0. The second kappa shape index (κ2) is 4.98. The van der Waals surface area contributed by atoms with Crippen LogP contribution < -0.4 is 5.32 Å². The van der Waals surface area contributed by atoms with Crippen LogP contribution in [0.1, 0.15) is 27.2 Å². The fourth-order valence-corrected chi connectivity index (χ4v) is 1.91. The molecule has 0 fully saturated rings. The molecular formula is C14H21N3O. The van der Waals surface area contributed by atoms with Crippen LogP contribution >= 0.6 is 0 Å². The quantitative estimate of drug-likeness (QED) is 0.761. The van der Waals surface area contributed by atoms with E-state index in [1.165, 1.54) is 0 Å². The molecule has 1 heterocycles. The summed E-state index contributed by atoms with van der Waals surface area (Å²) in [5.74, 6) is 0.953. The van der Waals surface area contributed by atoms with Crippen LogP contribution in [0.15, 0.2) is 24.3 Å². The van der Waals surface area contributed by atoms with Crippen molar-refractivity contribution in [2.75, 3.05) is 11.9 Å². The number of hydrogen-bond acceptors (Lipinski definition) is 3. The summed E-state index contributed by atoms with van der Waals surface area (Å²) in [5.41, 5.74) is 1.21. The monoisotopic (exact) mass is 247 g/mol. The summed E-state index contributed by atoms with van der Waals surface area (Å²) in [4.78, 5) is 7.61. The summed E-state index contributed by atoms with van der Waals surface area (Å²) in [6, 6.07) is 7.88. The number of imidazole rings is 1. The molecule has 2 unspecified atom stereocenters. The number of nitrogens with one attached hydrogen (secondary N) is 2. The number of anilines is 1. The van der Waals surface area contributed by atoms with Gasteiger partial charge in [-0.25, -0.2) is 4.98 Å². The van der Waals surface area contributed by atoms with Crippen LogP contribution in [-0.4, -0.2) is 27.2 Å². The molecule has 0 amide bonds. The second-order valence-corrected chi connectivity index (χ2v) is 5.12. The van der Waals surface area contributed by atoms with Gasteiger partial charge in [0.25, 0.3) is 0 Å². The van der Waals surface area contributed by atoms with E-state index in [9.17, 15) is 5.11 Å². The molecule has 18 heavy (non-hydrogen) atoms. The van der Waals surface area contributed by atoms with Crippen LogP contribution in [0.2, 0.25) is 0 Å². The van der Waals surface area contributed by atoms with Gasteiger partial charge in [0, 0.05) is 6.54 Å². The third-order valence-corrected chi connectivity index (χ3v) is 3.68. The molecule has 3 N–H and O–H groups in total. The summed E-state index contributed by atoms with van der Waals surface area (Å²) in [5, 5.41) is 13.5. The third-order valence-electron chi connectivity index (χ3n) is 3.68. The van der Waals surface area contributed by atoms with Crippen LogP contribution in [0, 0.1) is 5.92 Å². The van der Waals surface area contributed by atoms with E-state index in [0.717, 1.165) is 17.5 Å². The van der Waals surface area contributed by atoms with Crippen LogP contribution in [0.4, 0.5) is 5.95 Å². The normalized spacial score (nSPS) is 16.4. The molecule has 4 heteroatoms. The van der Waals surface area contributed by atoms with Gasteiger partial charge in [-0.15, -0.1) is 0 Å². The van der Waals surface area contributed by atoms with E-state index in [0.29, 0.717) is 12.5 Å². The lowest BCUT2D eigenvalue weighted by molar-refractivity contribution is 0.0174. The molecule has 0 saturated carbocycles. The number of aliphatic hydroxyl groups is 1. The molecule has 0 aliphatic heterocycles. The number of aromatic amines is 1. The number of hydrogen-bond donors (Lipinski definition) is 3. The number of rotatable bonds is 5. The Morgan fingerprint density at radius 3 is 2.83 bits per heavy atom. The zero-order valence-electron chi connectivity index (χ0n) is 11.2. The Bertz CT molecular complexity index is 485. The minimum Gasteiger partial charge on any atom is -0.388 e. The number of benzene rings is 1. The van der Waals surface area contributed by atoms with Gasteiger partial charge in [0.2, 0.25) is 5.95 Å². The molecule has 0 saturated heterocycles. The number of fused-ring (bicyclic) bond motifs is 1. The Balaban J connectivity index is 2.06. The molecule has 0 radical (unpaired) electrons. The molecule has 2 aromatic rings. The molecule has 4 nitrogen and oxygen atoms in total. The average molecular weight is 247 g/mol. The summed E-state index contributed by atoms with van der Waals surface area (Å²) >= 11 is 0. The van der Waals surface area contributed by atoms with Crippen molar-refractivity contribution in [3.63, 3.8) is 0 Å². The van der Waals surface area contributed by atoms with Crippen LogP contribution in [0.25, 0.3) is 11.0 Å². The van der Waals surface area contributed by atoms with Crippen molar-refractivity contribution in [1.29, 1.82) is 0 Å². The molecule has 1 aromatic heterocycles. The van der Waals surface area contributed by atoms with Crippen molar-refractivity contribution >= 4 is 17.0 Å². The highest BCUT2D eigenvalue weighted by atomic mass is 16.3. The van der Waals surface area contributed by atoms with Gasteiger partial charge in [-0.05, 0) is 25.0 Å². The van der Waals surface area contributed by atoms with Crippen LogP contribution in [-0.2, 0) is 0 Å². The van der Waals surface area contributed by atoms with Crippen LogP contribution in [0.3, 0.4) is 0 Å². The fraction of sp³-hybridized carbons (Fsp3) is 0.500. The van der Waals surface area contributed by atoms with Crippen molar-refractivity contribution in [2.24, 2.45) is 5.92 Å². The fourth-order valence-electron chi connectivity index (χ4n) is 1.91. The zero-order chi connectivity index (χ0) is 13.2. The lowest BCUT2D eigenvalue weighted by atomic mass is 9.89. The van der Waals surface area contributed by atoms with E-state index in [-0.39, 0.29) is 5.92 Å². The van der Waals surface area contributed by atoms with E-state index in [1.54, 1.807) is 0 Å². The van der Waals surface area contributed by atoms with Crippen molar-refractivity contribution in [1.82, 2.24) is 9.97 Å². The molecule has 0 bridgehead atoms. The number of H-pyrrole nitrogens is 1. The Labute approximate surface area is 107 Å². The standard InChI is InChI=1S/C14H21N3O/c1-4-10(2)14(3,18)9-15-13-16-11-7-5-6-8-12(11)17-13/h5-8,10,18H,4,9H2,1-3H3,(H2,15,16,17). The number of nitrogens with zero attached hydrogens (tertiary/aromatic N) is 1. The van der Waals surface area contributed by atoms with Gasteiger partial charge in [-0.2, -0.15) is 0 Å². The van der Waals surface area contributed by atoms with E-state index >= 15 is 0 Å². The molecule has 1 aromatic carbocycles. The van der Waals surface area contributed by atoms with E-state index in [1.807, 2.05) is 31.2 Å². The summed E-state index contributed by atoms with van der Waals surface area (Å²) in [6.07, 6.45) is 0.953. The highest BCUT2D eigenvalue weighted by Crippen LogP contribution is 2.21. The van der Waals surface area contributed by atoms with E-state index in [4.69, 9.17) is 0 Å². The number of para-hydroxylation sites is 2. The average Bonchev–Trinajstić information content (AvgIpc) is 2.78. The number of aromatic nitrogens is 2. The predicted molar refractivity (Wildman–Crippen MR) is 74.7 cm³/mol. The molecule has 2 rings (SSSR count). The summed E-state index contributed by atoms with van der Waals surface area (Å²) in [7, 11) is 0. The van der Waals surface area contributed by atoms with Gasteiger partial charge in [0.05, 0.1) is 16.6 Å². The Hall–Kier alpha value is -1.55. The molecule has 0 aliphatic carbocycles. The van der Waals surface area contributed by atoms with Gasteiger partial charge in [0.1, 0.15) is 0 Å². The van der Waals surface area contributed by atoms with Gasteiger partial charge in [-0.1, -0.05) is 32.4 Å². The maximum Gasteiger partial charge on any atom is 0.201 e. The Morgan fingerprint density at radius 1 is 1.44 bits per heavy atom. The zero-order valence-corrected chi connectivity index (χ0v) is 11.2. The maximum absolute atomic E-state index is 10.3. The molecule has 0 spiro atoms. The maximum atomic E-state index is 10.3. The first kappa shape index (κ1) is 12.9. The van der Waals surface area contributed by atoms with Gasteiger partial charge < -0.3 is 15.4 Å². The first-order valence-electron chi connectivity index (χ1n) is 6.44. The van der Waals surface area contributed by atoms with Gasteiger partial charge >= 0.3 is 0 Å². The SMILES string of the molecule is CCC(C)C(C)(O)CNc1nc2ccccc2[nH]1. The molecule has 0 aliphatic rings. The summed E-state index contributed by atoms with van der Waals surface area (Å²) in [6.45, 7) is 6.49. The first-order chi connectivity index (χ1) is 8.53. The van der Waals surface area contributed by atoms with Crippen molar-refractivity contribution in [3.05, 3.63) is 24.3 Å². The topological polar surface area (TPSA) is 60.9 Å². The van der Waals surface area contributed by atoms with E-state index in [2.05, 4.69) is 29.1 Å². The smallest absolute Gasteiger partial charge is 0.201 e. The molecule has 2 atom stereocenters. The van der Waals surface area contributed by atoms with E-state index < -0.39 is 5.60 Å².